The number of hydrogen-bond donors (Lipinski definition) is 0. The van der Waals surface area contributed by atoms with Crippen molar-refractivity contribution in [3.63, 3.8) is 0 Å². The van der Waals surface area contributed by atoms with Crippen molar-refractivity contribution in [2.45, 2.75) is 181 Å². The molecule has 0 spiro atoms. The van der Waals surface area contributed by atoms with Gasteiger partial charge >= 0.3 is 5.91 Å². The number of hydrogen-bond acceptors (Lipinski definition) is 1. The van der Waals surface area contributed by atoms with Crippen LogP contribution in [-0.4, -0.2) is 30.5 Å². The topological polar surface area (TPSA) is 17.1 Å². The molecule has 214 valence electrons. The van der Waals surface area contributed by atoms with Crippen LogP contribution < -0.4 is 0 Å². The molecule has 0 aliphatic carbocycles. The van der Waals surface area contributed by atoms with E-state index in [4.69, 9.17) is 0 Å². The van der Waals surface area contributed by atoms with Crippen LogP contribution in [0.15, 0.2) is 12.2 Å². The van der Waals surface area contributed by atoms with Crippen molar-refractivity contribution in [1.29, 1.82) is 0 Å². The quantitative estimate of drug-likeness (QED) is 0.0647. The molecule has 2 heteroatoms. The van der Waals surface area contributed by atoms with Crippen molar-refractivity contribution >= 4 is 5.91 Å². The molecule has 2 nitrogen and oxygen atoms in total. The number of unbranched alkanes of at least 4 members (excludes halogenated alkanes) is 16. The molecular formula is C34H68NO+. The third-order valence-electron chi connectivity index (χ3n) is 8.25. The number of quaternary nitrogens is 1. The Bertz CT molecular complexity index is 507. The first kappa shape index (κ1) is 35.4. The highest BCUT2D eigenvalue weighted by Crippen LogP contribution is 2.21. The molecular weight excluding hydrogens is 438 g/mol. The maximum absolute atomic E-state index is 13.0. The molecule has 0 aliphatic heterocycles. The zero-order chi connectivity index (χ0) is 26.9. The zero-order valence-electron chi connectivity index (χ0n) is 25.9. The Morgan fingerprint density at radius 3 is 1.56 bits per heavy atom. The normalized spacial score (nSPS) is 13.2. The summed E-state index contributed by atoms with van der Waals surface area (Å²) in [5.74, 6) is 1.32. The first-order chi connectivity index (χ1) is 17.4. The molecule has 36 heavy (non-hydrogen) atoms. The van der Waals surface area contributed by atoms with E-state index in [1.54, 1.807) is 0 Å². The highest BCUT2D eigenvalue weighted by atomic mass is 16.2. The summed E-state index contributed by atoms with van der Waals surface area (Å²) in [4.78, 5) is 13.0. The Morgan fingerprint density at radius 1 is 0.611 bits per heavy atom. The summed E-state index contributed by atoms with van der Waals surface area (Å²) in [5.41, 5.74) is 0. The number of allylic oxidation sites excluding steroid dienone is 2. The van der Waals surface area contributed by atoms with Gasteiger partial charge in [0.25, 0.3) is 0 Å². The summed E-state index contributed by atoms with van der Waals surface area (Å²) in [7, 11) is 4.33. The Hall–Kier alpha value is -0.630. The van der Waals surface area contributed by atoms with Gasteiger partial charge in [0, 0.05) is 0 Å². The number of carbonyl (C=O) groups is 1. The molecule has 0 saturated carbocycles. The molecule has 1 amide bonds. The van der Waals surface area contributed by atoms with Crippen LogP contribution in [0.5, 0.6) is 0 Å². The van der Waals surface area contributed by atoms with E-state index in [0.29, 0.717) is 16.4 Å². The minimum atomic E-state index is 0.452. The molecule has 1 unspecified atom stereocenters. The fraction of sp³-hybridized carbons (Fsp3) is 0.912. The van der Waals surface area contributed by atoms with Gasteiger partial charge in [-0.25, -0.2) is 4.79 Å². The lowest BCUT2D eigenvalue weighted by molar-refractivity contribution is -0.841. The second-order valence-corrected chi connectivity index (χ2v) is 12.4. The van der Waals surface area contributed by atoms with Crippen molar-refractivity contribution in [2.75, 3.05) is 14.1 Å². The standard InChI is InChI=1S/C34H68NO/c1-7-9-10-11-20-24-27-30-33(8-2)35(5,6)34(36)31-28-25-22-19-17-15-13-12-14-16-18-21-23-26-29-32(3)4/h12-13,32-33H,7-11,14-31H2,1-6H3/q+1/b13-12-. The lowest BCUT2D eigenvalue weighted by atomic mass is 10.0. The maximum Gasteiger partial charge on any atom is 0.313 e. The van der Waals surface area contributed by atoms with Crippen molar-refractivity contribution in [1.82, 2.24) is 0 Å². The second-order valence-electron chi connectivity index (χ2n) is 12.4. The van der Waals surface area contributed by atoms with E-state index >= 15 is 0 Å². The van der Waals surface area contributed by atoms with Crippen LogP contribution in [0.1, 0.15) is 175 Å². The number of rotatable bonds is 26. The van der Waals surface area contributed by atoms with Gasteiger partial charge < -0.3 is 0 Å². The second kappa shape index (κ2) is 24.7. The first-order valence-electron chi connectivity index (χ1n) is 16.4. The van der Waals surface area contributed by atoms with Crippen LogP contribution in [0.3, 0.4) is 0 Å². The van der Waals surface area contributed by atoms with Crippen LogP contribution in [0, 0.1) is 5.92 Å². The van der Waals surface area contributed by atoms with Crippen LogP contribution in [0.25, 0.3) is 0 Å². The van der Waals surface area contributed by atoms with Crippen LogP contribution in [0.2, 0.25) is 0 Å². The summed E-state index contributed by atoms with van der Waals surface area (Å²) in [6, 6.07) is 0.491. The lowest BCUT2D eigenvalue weighted by Gasteiger charge is -2.35. The van der Waals surface area contributed by atoms with Crippen molar-refractivity contribution in [2.24, 2.45) is 5.92 Å². The molecule has 1 atom stereocenters. The van der Waals surface area contributed by atoms with Crippen LogP contribution >= 0.6 is 0 Å². The zero-order valence-corrected chi connectivity index (χ0v) is 25.9. The van der Waals surface area contributed by atoms with E-state index in [1.165, 1.54) is 128 Å². The average Bonchev–Trinajstić information content (AvgIpc) is 2.84. The van der Waals surface area contributed by atoms with Gasteiger partial charge in [-0.1, -0.05) is 130 Å². The molecule has 0 aromatic carbocycles. The fourth-order valence-corrected chi connectivity index (χ4v) is 5.46. The smallest absolute Gasteiger partial charge is 0.263 e. The molecule has 0 N–H and O–H groups in total. The molecule has 0 aliphatic rings. The third-order valence-corrected chi connectivity index (χ3v) is 8.25. The molecule has 0 saturated heterocycles. The van der Waals surface area contributed by atoms with Crippen molar-refractivity contribution in [3.8, 4) is 0 Å². The van der Waals surface area contributed by atoms with E-state index in [2.05, 4.69) is 53.9 Å². The van der Waals surface area contributed by atoms with E-state index in [9.17, 15) is 4.79 Å². The molecule has 0 radical (unpaired) electrons. The minimum absolute atomic E-state index is 0.452. The van der Waals surface area contributed by atoms with Gasteiger partial charge in [-0.3, -0.25) is 4.48 Å². The van der Waals surface area contributed by atoms with E-state index in [1.807, 2.05) is 0 Å². The van der Waals surface area contributed by atoms with Crippen LogP contribution in [0.4, 0.5) is 0 Å². The number of nitrogens with zero attached hydrogens (tertiary/aromatic N) is 1. The maximum atomic E-state index is 13.0. The first-order valence-corrected chi connectivity index (χ1v) is 16.4. The van der Waals surface area contributed by atoms with Gasteiger partial charge in [-0.05, 0) is 57.3 Å². The largest absolute Gasteiger partial charge is 0.313 e. The summed E-state index contributed by atoms with van der Waals surface area (Å²) in [5, 5.41) is 0. The Morgan fingerprint density at radius 2 is 1.06 bits per heavy atom. The lowest BCUT2D eigenvalue weighted by Crippen LogP contribution is -2.53. The summed E-state index contributed by atoms with van der Waals surface area (Å²) in [6.45, 7) is 9.20. The summed E-state index contributed by atoms with van der Waals surface area (Å²) < 4.78 is 0.592. The highest BCUT2D eigenvalue weighted by molar-refractivity contribution is 5.68. The molecule has 0 aromatic heterocycles. The Balaban J connectivity index is 3.74. The summed E-state index contributed by atoms with van der Waals surface area (Å²) >= 11 is 0. The molecule has 0 rings (SSSR count). The molecule has 0 bridgehead atoms. The fourth-order valence-electron chi connectivity index (χ4n) is 5.46. The Kier molecular flexibility index (Phi) is 24.3. The van der Waals surface area contributed by atoms with Gasteiger partial charge in [0.05, 0.1) is 26.6 Å². The number of amides is 1. The Labute approximate surface area is 228 Å². The van der Waals surface area contributed by atoms with Crippen LogP contribution in [-0.2, 0) is 4.79 Å². The molecule has 0 aromatic rings. The molecule has 0 heterocycles. The van der Waals surface area contributed by atoms with Gasteiger partial charge in [-0.15, -0.1) is 0 Å². The average molecular weight is 507 g/mol. The van der Waals surface area contributed by atoms with Crippen molar-refractivity contribution < 1.29 is 9.28 Å². The predicted molar refractivity (Wildman–Crippen MR) is 162 cm³/mol. The monoisotopic (exact) mass is 507 g/mol. The van der Waals surface area contributed by atoms with Gasteiger partial charge in [0.2, 0.25) is 0 Å². The van der Waals surface area contributed by atoms with Crippen molar-refractivity contribution in [3.05, 3.63) is 12.2 Å². The summed E-state index contributed by atoms with van der Waals surface area (Å²) in [6.07, 6.45) is 34.4. The molecule has 0 fully saturated rings. The van der Waals surface area contributed by atoms with Gasteiger partial charge in [0.15, 0.2) is 0 Å². The van der Waals surface area contributed by atoms with Gasteiger partial charge in [-0.2, -0.15) is 0 Å². The van der Waals surface area contributed by atoms with E-state index in [0.717, 1.165) is 25.2 Å². The van der Waals surface area contributed by atoms with Gasteiger partial charge in [0.1, 0.15) is 0 Å². The predicted octanol–water partition coefficient (Wildman–Crippen LogP) is 11.2. The van der Waals surface area contributed by atoms with E-state index < -0.39 is 0 Å². The minimum Gasteiger partial charge on any atom is -0.263 e. The SMILES string of the molecule is CCCCCCCCCC(CC)[N+](C)(C)C(=O)CCCCCCC/C=C\CCCCCCCC(C)C. The highest BCUT2D eigenvalue weighted by Gasteiger charge is 2.33. The third kappa shape index (κ3) is 20.4. The van der Waals surface area contributed by atoms with E-state index in [-0.39, 0.29) is 0 Å². The number of carbonyl (C=O) groups excluding carboxylic acids is 1.